The fraction of sp³-hybridized carbons (Fsp3) is 0.178. The predicted octanol–water partition coefficient (Wildman–Crippen LogP) is 14.4. The van der Waals surface area contributed by atoms with Crippen LogP contribution in [0.25, 0.3) is 78.6 Å². The van der Waals surface area contributed by atoms with Crippen molar-refractivity contribution >= 4 is 50.9 Å². The number of unbranched alkanes of at least 4 members (excludes halogenated alkanes) is 5. The third-order valence-electron chi connectivity index (χ3n) is 10.8. The van der Waals surface area contributed by atoms with Crippen LogP contribution in [0.2, 0.25) is 0 Å². The lowest BCUT2D eigenvalue weighted by Crippen LogP contribution is -2.11. The number of halogens is 14. The monoisotopic (exact) mass is 905 g/mol. The highest BCUT2D eigenvalue weighted by Crippen LogP contribution is 2.43. The Balaban J connectivity index is 1.50. The molecule has 0 fully saturated rings. The van der Waals surface area contributed by atoms with Crippen molar-refractivity contribution in [2.75, 3.05) is 11.9 Å². The normalized spacial score (nSPS) is 12.0. The SMILES string of the molecule is CCCCCCCCNc1c(F)c(F)c(-c2c3nc(c(-c4c(F)c(F)c(F)c(F)c4F)c4ccc([nH]4)c4ccc([nH]4)c(-c4c(F)c(F)c(F)c(F)c4F)c4ccc2[nH]4)C=C3)c(F)c1F. The van der Waals surface area contributed by atoms with Crippen molar-refractivity contribution in [2.45, 2.75) is 45.4 Å². The van der Waals surface area contributed by atoms with E-state index in [-0.39, 0.29) is 23.1 Å². The van der Waals surface area contributed by atoms with E-state index in [1.54, 1.807) is 0 Å². The van der Waals surface area contributed by atoms with Crippen molar-refractivity contribution in [1.82, 2.24) is 19.9 Å². The van der Waals surface area contributed by atoms with Gasteiger partial charge in [-0.2, -0.15) is 0 Å². The molecule has 0 radical (unpaired) electrons. The molecule has 0 atom stereocenters. The highest BCUT2D eigenvalue weighted by Gasteiger charge is 2.33. The molecule has 0 aliphatic carbocycles. The molecule has 0 amide bonds. The summed E-state index contributed by atoms with van der Waals surface area (Å²) in [5.41, 5.74) is -11.4. The maximum atomic E-state index is 16.5. The van der Waals surface area contributed by atoms with Crippen molar-refractivity contribution in [1.29, 1.82) is 0 Å². The second kappa shape index (κ2) is 17.1. The molecule has 5 heterocycles. The molecule has 1 aliphatic rings. The van der Waals surface area contributed by atoms with Crippen molar-refractivity contribution in [3.8, 4) is 33.4 Å². The summed E-state index contributed by atoms with van der Waals surface area (Å²) in [6.07, 6.45) is 6.44. The van der Waals surface area contributed by atoms with Crippen LogP contribution in [0.4, 0.5) is 67.2 Å². The molecule has 332 valence electrons. The first-order chi connectivity index (χ1) is 30.6. The van der Waals surface area contributed by atoms with E-state index in [0.29, 0.717) is 12.8 Å². The van der Waals surface area contributed by atoms with Crippen molar-refractivity contribution in [3.63, 3.8) is 0 Å². The van der Waals surface area contributed by atoms with E-state index < -0.39 is 148 Å². The summed E-state index contributed by atoms with van der Waals surface area (Å²) in [6.45, 7) is 1.90. The molecule has 7 aromatic rings. The number of benzene rings is 3. The van der Waals surface area contributed by atoms with Crippen LogP contribution < -0.4 is 5.32 Å². The minimum absolute atomic E-state index is 0.0373. The minimum atomic E-state index is -2.50. The Labute approximate surface area is 351 Å². The van der Waals surface area contributed by atoms with E-state index in [9.17, 15) is 26.3 Å². The molecule has 0 spiro atoms. The second-order valence-corrected chi connectivity index (χ2v) is 14.8. The number of fused-ring (bicyclic) bond motifs is 9. The van der Waals surface area contributed by atoms with E-state index in [1.165, 1.54) is 12.1 Å². The number of aromatic nitrogens is 4. The van der Waals surface area contributed by atoms with Crippen LogP contribution in [0.1, 0.15) is 56.8 Å². The molecule has 0 saturated heterocycles. The molecule has 1 aliphatic heterocycles. The summed E-state index contributed by atoms with van der Waals surface area (Å²) in [5.74, 6) is -31.5. The topological polar surface area (TPSA) is 72.3 Å². The summed E-state index contributed by atoms with van der Waals surface area (Å²) in [6, 6.07) is 6.56. The second-order valence-electron chi connectivity index (χ2n) is 14.8. The van der Waals surface area contributed by atoms with Gasteiger partial charge >= 0.3 is 0 Å². The van der Waals surface area contributed by atoms with E-state index in [4.69, 9.17) is 0 Å². The van der Waals surface area contributed by atoms with Gasteiger partial charge in [-0.3, -0.25) is 0 Å². The fourth-order valence-corrected chi connectivity index (χ4v) is 7.71. The fourth-order valence-electron chi connectivity index (χ4n) is 7.71. The Morgan fingerprint density at radius 3 is 1.09 bits per heavy atom. The molecule has 0 unspecified atom stereocenters. The zero-order valence-corrected chi connectivity index (χ0v) is 32.8. The van der Waals surface area contributed by atoms with Crippen LogP contribution in [0.3, 0.4) is 0 Å². The average Bonchev–Trinajstić information content (AvgIpc) is 4.14. The summed E-state index contributed by atoms with van der Waals surface area (Å²) in [4.78, 5) is 12.2. The quantitative estimate of drug-likeness (QED) is 0.0452. The van der Waals surface area contributed by atoms with Gasteiger partial charge in [0, 0.05) is 45.3 Å². The molecular formula is C45H29F14N5. The maximum Gasteiger partial charge on any atom is 0.200 e. The molecule has 4 N–H and O–H groups in total. The third kappa shape index (κ3) is 7.19. The molecule has 8 bridgehead atoms. The Morgan fingerprint density at radius 1 is 0.359 bits per heavy atom. The third-order valence-corrected chi connectivity index (χ3v) is 10.8. The van der Waals surface area contributed by atoms with Crippen molar-refractivity contribution in [3.05, 3.63) is 129 Å². The number of aromatic amines is 3. The number of H-pyrrole nitrogens is 3. The van der Waals surface area contributed by atoms with Crippen LogP contribution in [0, 0.1) is 81.4 Å². The van der Waals surface area contributed by atoms with Gasteiger partial charge in [0.2, 0.25) is 11.6 Å². The van der Waals surface area contributed by atoms with Gasteiger partial charge in [-0.15, -0.1) is 0 Å². The molecule has 8 rings (SSSR count). The van der Waals surface area contributed by atoms with Crippen LogP contribution in [-0.4, -0.2) is 26.5 Å². The molecular weight excluding hydrogens is 877 g/mol. The Hall–Kier alpha value is -6.79. The molecule has 0 saturated carbocycles. The highest BCUT2D eigenvalue weighted by molar-refractivity contribution is 6.00. The number of nitrogens with zero attached hydrogens (tertiary/aromatic N) is 1. The van der Waals surface area contributed by atoms with E-state index in [0.717, 1.165) is 62.1 Å². The largest absolute Gasteiger partial charge is 0.380 e. The number of hydrogen-bond acceptors (Lipinski definition) is 2. The lowest BCUT2D eigenvalue weighted by Gasteiger charge is -2.14. The molecule has 3 aromatic carbocycles. The first-order valence-corrected chi connectivity index (χ1v) is 19.5. The van der Waals surface area contributed by atoms with Crippen molar-refractivity contribution < 1.29 is 61.5 Å². The lowest BCUT2D eigenvalue weighted by molar-refractivity contribution is 0.381. The summed E-state index contributed by atoms with van der Waals surface area (Å²) < 4.78 is 215. The van der Waals surface area contributed by atoms with Gasteiger partial charge in [-0.1, -0.05) is 39.0 Å². The zero-order chi connectivity index (χ0) is 45.9. The van der Waals surface area contributed by atoms with Gasteiger partial charge in [0.25, 0.3) is 0 Å². The smallest absolute Gasteiger partial charge is 0.200 e. The van der Waals surface area contributed by atoms with Gasteiger partial charge in [-0.05, 0) is 55.0 Å². The van der Waals surface area contributed by atoms with Gasteiger partial charge in [0.15, 0.2) is 69.8 Å². The number of nitrogens with one attached hydrogen (secondary N) is 4. The summed E-state index contributed by atoms with van der Waals surface area (Å²) in [5, 5.41) is 2.36. The standard InChI is InChI=1S/C45H29F14N5/c1-2-3-4-5-6-7-16-60-45-43(58)35(50)30(36(51)44(45)59)27-23-14-12-21(63-23)25(28-31(46)37(52)41(56)38(53)32(28)47)19-10-8-17(61-19)18-9-11-20(62-18)26(22-13-15-24(27)64-22)29-33(48)39(54)42(57)40(55)34(29)49/h8-15,60-63H,2-7,16H2,1H3. The Kier molecular flexibility index (Phi) is 11.7. The lowest BCUT2D eigenvalue weighted by atomic mass is 10.0. The van der Waals surface area contributed by atoms with Crippen LogP contribution >= 0.6 is 0 Å². The highest BCUT2D eigenvalue weighted by atomic mass is 19.2. The molecule has 19 heteroatoms. The number of hydrogen-bond donors (Lipinski definition) is 4. The van der Waals surface area contributed by atoms with Crippen LogP contribution in [0.5, 0.6) is 0 Å². The summed E-state index contributed by atoms with van der Waals surface area (Å²) in [7, 11) is 0. The Morgan fingerprint density at radius 2 is 0.672 bits per heavy atom. The van der Waals surface area contributed by atoms with E-state index in [2.05, 4.69) is 25.3 Å². The number of rotatable bonds is 11. The average molecular weight is 906 g/mol. The first-order valence-electron chi connectivity index (χ1n) is 19.5. The predicted molar refractivity (Wildman–Crippen MR) is 213 cm³/mol. The number of anilines is 1. The van der Waals surface area contributed by atoms with Gasteiger partial charge < -0.3 is 20.3 Å². The molecule has 5 nitrogen and oxygen atoms in total. The minimum Gasteiger partial charge on any atom is -0.380 e. The molecule has 64 heavy (non-hydrogen) atoms. The summed E-state index contributed by atoms with van der Waals surface area (Å²) >= 11 is 0. The van der Waals surface area contributed by atoms with Crippen molar-refractivity contribution in [2.24, 2.45) is 0 Å². The van der Waals surface area contributed by atoms with Gasteiger partial charge in [0.05, 0.1) is 39.1 Å². The zero-order valence-electron chi connectivity index (χ0n) is 32.8. The van der Waals surface area contributed by atoms with Gasteiger partial charge in [-0.25, -0.2) is 66.4 Å². The molecule has 4 aromatic heterocycles. The first kappa shape index (κ1) is 43.8. The van der Waals surface area contributed by atoms with E-state index >= 15 is 35.1 Å². The van der Waals surface area contributed by atoms with Crippen LogP contribution in [-0.2, 0) is 0 Å². The Bertz CT molecular complexity index is 3110. The van der Waals surface area contributed by atoms with Gasteiger partial charge in [0.1, 0.15) is 5.69 Å². The van der Waals surface area contributed by atoms with Crippen LogP contribution in [0.15, 0.2) is 36.4 Å². The van der Waals surface area contributed by atoms with E-state index in [1.807, 2.05) is 6.92 Å². The maximum absolute atomic E-state index is 16.5.